The van der Waals surface area contributed by atoms with Gasteiger partial charge in [0.05, 0.1) is 30.7 Å². The molecule has 184 valence electrons. The van der Waals surface area contributed by atoms with Crippen LogP contribution in [0.3, 0.4) is 0 Å². The number of likely N-dealkylation sites (tertiary alicyclic amines) is 1. The quantitative estimate of drug-likeness (QED) is 0.532. The van der Waals surface area contributed by atoms with Crippen LogP contribution in [0.25, 0.3) is 5.69 Å². The highest BCUT2D eigenvalue weighted by molar-refractivity contribution is 6.30. The van der Waals surface area contributed by atoms with E-state index in [9.17, 15) is 23.1 Å². The smallest absolute Gasteiger partial charge is 0.419 e. The maximum atomic E-state index is 13.4. The van der Waals surface area contributed by atoms with Crippen LogP contribution in [-0.4, -0.2) is 40.7 Å². The normalized spacial score (nSPS) is 16.5. The van der Waals surface area contributed by atoms with E-state index < -0.39 is 23.2 Å². The lowest BCUT2D eigenvalue weighted by atomic mass is 9.86. The number of fused-ring (bicyclic) bond motifs is 4. The number of piperidine rings is 1. The van der Waals surface area contributed by atoms with Crippen LogP contribution in [0.5, 0.6) is 11.5 Å². The second-order valence-corrected chi connectivity index (χ2v) is 9.05. The molecule has 1 saturated heterocycles. The number of aromatic nitrogens is 1. The molecule has 0 aliphatic carbocycles. The van der Waals surface area contributed by atoms with E-state index in [0.29, 0.717) is 29.3 Å². The van der Waals surface area contributed by atoms with Crippen LogP contribution < -0.4 is 9.47 Å². The van der Waals surface area contributed by atoms with Crippen LogP contribution in [0.15, 0.2) is 48.5 Å². The van der Waals surface area contributed by atoms with Crippen molar-refractivity contribution in [3.8, 4) is 17.2 Å². The van der Waals surface area contributed by atoms with E-state index >= 15 is 0 Å². The molecule has 0 saturated carbocycles. The number of aliphatic hydroxyl groups excluding tert-OH is 1. The van der Waals surface area contributed by atoms with Crippen LogP contribution in [0.2, 0.25) is 5.02 Å². The molecule has 1 amide bonds. The van der Waals surface area contributed by atoms with Gasteiger partial charge >= 0.3 is 6.18 Å². The van der Waals surface area contributed by atoms with E-state index in [4.69, 9.17) is 21.1 Å². The number of amides is 1. The lowest BCUT2D eigenvalue weighted by molar-refractivity contribution is -0.138. The minimum atomic E-state index is -4.64. The lowest BCUT2D eigenvalue weighted by Crippen LogP contribution is -2.50. The standard InChI is InChI=1S/C25H22ClF3N2O4/c1-34-20-6-2-15(12-18(20)25(27,28)29)23(33)30-10-8-24(9-11-30)22-7-4-17(14-32)31(22)19-5-3-16(26)13-21(19)35-24/h2-7,12-13,32H,8-11,14H2,1H3. The van der Waals surface area contributed by atoms with Crippen LogP contribution in [0, 0.1) is 0 Å². The van der Waals surface area contributed by atoms with Gasteiger partial charge in [-0.3, -0.25) is 4.79 Å². The van der Waals surface area contributed by atoms with Crippen molar-refractivity contribution < 1.29 is 32.5 Å². The lowest BCUT2D eigenvalue weighted by Gasteiger charge is -2.45. The van der Waals surface area contributed by atoms with Gasteiger partial charge in [0.1, 0.15) is 11.5 Å². The number of nitrogens with zero attached hydrogens (tertiary/aromatic N) is 2. The van der Waals surface area contributed by atoms with Gasteiger partial charge in [-0.2, -0.15) is 13.2 Å². The van der Waals surface area contributed by atoms with Crippen molar-refractivity contribution in [2.75, 3.05) is 20.2 Å². The summed E-state index contributed by atoms with van der Waals surface area (Å²) in [5.41, 5.74) is 0.508. The van der Waals surface area contributed by atoms with Gasteiger partial charge in [-0.05, 0) is 42.5 Å². The molecule has 0 atom stereocenters. The molecule has 0 bridgehead atoms. The van der Waals surface area contributed by atoms with E-state index in [2.05, 4.69) is 0 Å². The molecule has 0 radical (unpaired) electrons. The third kappa shape index (κ3) is 3.92. The first-order valence-corrected chi connectivity index (χ1v) is 11.4. The number of methoxy groups -OCH3 is 1. The highest BCUT2D eigenvalue weighted by Crippen LogP contribution is 2.47. The largest absolute Gasteiger partial charge is 0.496 e. The first kappa shape index (κ1) is 23.6. The zero-order valence-corrected chi connectivity index (χ0v) is 19.5. The summed E-state index contributed by atoms with van der Waals surface area (Å²) in [5, 5.41) is 10.4. The van der Waals surface area contributed by atoms with Crippen molar-refractivity contribution >= 4 is 17.5 Å². The molecule has 2 aliphatic heterocycles. The van der Waals surface area contributed by atoms with Gasteiger partial charge in [0.2, 0.25) is 0 Å². The number of benzene rings is 2. The van der Waals surface area contributed by atoms with E-state index in [1.165, 1.54) is 11.0 Å². The summed E-state index contributed by atoms with van der Waals surface area (Å²) in [6.07, 6.45) is -3.81. The number of carbonyl (C=O) groups excluding carboxylic acids is 1. The zero-order chi connectivity index (χ0) is 25.0. The van der Waals surface area contributed by atoms with Gasteiger partial charge in [0.25, 0.3) is 5.91 Å². The average Bonchev–Trinajstić information content (AvgIpc) is 3.28. The molecule has 1 aromatic heterocycles. The first-order chi connectivity index (χ1) is 16.7. The molecule has 1 spiro atoms. The number of alkyl halides is 3. The molecular formula is C25H22ClF3N2O4. The fraction of sp³-hybridized carbons (Fsp3) is 0.320. The van der Waals surface area contributed by atoms with Gasteiger partial charge in [-0.15, -0.1) is 0 Å². The Morgan fingerprint density at radius 1 is 1.14 bits per heavy atom. The van der Waals surface area contributed by atoms with Crippen LogP contribution >= 0.6 is 11.6 Å². The van der Waals surface area contributed by atoms with E-state index in [-0.39, 0.29) is 31.0 Å². The number of hydrogen-bond acceptors (Lipinski definition) is 4. The maximum Gasteiger partial charge on any atom is 0.419 e. The highest BCUT2D eigenvalue weighted by Gasteiger charge is 2.45. The predicted octanol–water partition coefficient (Wildman–Crippen LogP) is 5.17. The van der Waals surface area contributed by atoms with Crippen molar-refractivity contribution in [2.24, 2.45) is 0 Å². The average molecular weight is 507 g/mol. The van der Waals surface area contributed by atoms with Gasteiger partial charge in [0, 0.05) is 48.3 Å². The van der Waals surface area contributed by atoms with Crippen molar-refractivity contribution in [1.29, 1.82) is 0 Å². The molecule has 35 heavy (non-hydrogen) atoms. The van der Waals surface area contributed by atoms with Crippen molar-refractivity contribution in [2.45, 2.75) is 31.2 Å². The molecule has 1 fully saturated rings. The number of hydrogen-bond donors (Lipinski definition) is 1. The SMILES string of the molecule is COc1ccc(C(=O)N2CCC3(CC2)Oc2cc(Cl)ccc2-n2c(CO)ccc23)cc1C(F)(F)F. The van der Waals surface area contributed by atoms with Crippen LogP contribution in [0.4, 0.5) is 13.2 Å². The predicted molar refractivity (Wildman–Crippen MR) is 122 cm³/mol. The second-order valence-electron chi connectivity index (χ2n) is 8.62. The molecule has 2 aliphatic rings. The van der Waals surface area contributed by atoms with Crippen molar-refractivity contribution in [3.63, 3.8) is 0 Å². The molecule has 3 aromatic rings. The topological polar surface area (TPSA) is 63.9 Å². The molecule has 1 N–H and O–H groups in total. The summed E-state index contributed by atoms with van der Waals surface area (Å²) in [4.78, 5) is 14.6. The summed E-state index contributed by atoms with van der Waals surface area (Å²) in [6.45, 7) is 0.394. The fourth-order valence-corrected chi connectivity index (χ4v) is 5.10. The summed E-state index contributed by atoms with van der Waals surface area (Å²) in [6, 6.07) is 12.4. The third-order valence-electron chi connectivity index (χ3n) is 6.67. The minimum absolute atomic E-state index is 0.0540. The fourth-order valence-electron chi connectivity index (χ4n) is 4.93. The van der Waals surface area contributed by atoms with Crippen molar-refractivity contribution in [1.82, 2.24) is 9.47 Å². The maximum absolute atomic E-state index is 13.4. The Bertz CT molecular complexity index is 1300. The van der Waals surface area contributed by atoms with Crippen LogP contribution in [-0.2, 0) is 18.4 Å². The summed E-state index contributed by atoms with van der Waals surface area (Å²) < 4.78 is 53.5. The number of rotatable bonds is 3. The Morgan fingerprint density at radius 3 is 2.54 bits per heavy atom. The molecule has 3 heterocycles. The number of aliphatic hydroxyl groups is 1. The van der Waals surface area contributed by atoms with E-state index in [1.54, 1.807) is 12.1 Å². The Hall–Kier alpha value is -3.17. The van der Waals surface area contributed by atoms with E-state index in [0.717, 1.165) is 30.6 Å². The number of halogens is 4. The monoisotopic (exact) mass is 506 g/mol. The van der Waals surface area contributed by atoms with Crippen molar-refractivity contribution in [3.05, 3.63) is 76.1 Å². The summed E-state index contributed by atoms with van der Waals surface area (Å²) in [5.74, 6) is -0.251. The molecule has 2 aromatic carbocycles. The van der Waals surface area contributed by atoms with Gasteiger partial charge in [-0.1, -0.05) is 11.6 Å². The zero-order valence-electron chi connectivity index (χ0n) is 18.7. The second kappa shape index (κ2) is 8.49. The summed E-state index contributed by atoms with van der Waals surface area (Å²) in [7, 11) is 1.16. The van der Waals surface area contributed by atoms with Gasteiger partial charge in [0.15, 0.2) is 5.60 Å². The Morgan fingerprint density at radius 2 is 1.89 bits per heavy atom. The molecule has 0 unspecified atom stereocenters. The van der Waals surface area contributed by atoms with Crippen LogP contribution in [0.1, 0.15) is 40.2 Å². The summed E-state index contributed by atoms with van der Waals surface area (Å²) >= 11 is 6.20. The minimum Gasteiger partial charge on any atom is -0.496 e. The highest BCUT2D eigenvalue weighted by atomic mass is 35.5. The molecule has 10 heteroatoms. The molecular weight excluding hydrogens is 485 g/mol. The Balaban J connectivity index is 1.43. The Labute approximate surface area is 204 Å². The number of carbonyl (C=O) groups is 1. The number of ether oxygens (including phenoxy) is 2. The van der Waals surface area contributed by atoms with Gasteiger partial charge < -0.3 is 24.0 Å². The van der Waals surface area contributed by atoms with Gasteiger partial charge in [-0.25, -0.2) is 0 Å². The third-order valence-corrected chi connectivity index (χ3v) is 6.90. The molecule has 5 rings (SSSR count). The van der Waals surface area contributed by atoms with E-state index in [1.807, 2.05) is 22.8 Å². The Kier molecular flexibility index (Phi) is 5.72. The first-order valence-electron chi connectivity index (χ1n) is 11.0. The molecule has 6 nitrogen and oxygen atoms in total.